The quantitative estimate of drug-likeness (QED) is 0.624. The number of nitrogens with zero attached hydrogens (tertiary/aromatic N) is 2. The molecular weight excluding hydrogens is 270 g/mol. The molecule has 0 saturated carbocycles. The normalized spacial score (nSPS) is 11.0. The van der Waals surface area contributed by atoms with Gasteiger partial charge in [-0.2, -0.15) is 0 Å². The second-order valence-corrected chi connectivity index (χ2v) is 5.11. The van der Waals surface area contributed by atoms with Crippen LogP contribution < -0.4 is 5.32 Å². The highest BCUT2D eigenvalue weighted by molar-refractivity contribution is 7.16. The summed E-state index contributed by atoms with van der Waals surface area (Å²) in [5.74, 6) is 0.807. The van der Waals surface area contributed by atoms with Crippen LogP contribution in [0.1, 0.15) is 19.8 Å². The third-order valence-electron chi connectivity index (χ3n) is 2.40. The molecule has 0 radical (unpaired) electrons. The van der Waals surface area contributed by atoms with Crippen molar-refractivity contribution in [1.29, 1.82) is 0 Å². The second-order valence-electron chi connectivity index (χ2n) is 3.87. The Kier molecular flexibility index (Phi) is 5.16. The third kappa shape index (κ3) is 3.54. The van der Waals surface area contributed by atoms with E-state index in [-0.39, 0.29) is 5.28 Å². The molecule has 0 spiro atoms. The molecule has 0 unspecified atom stereocenters. The molecule has 98 valence electrons. The first-order valence-corrected chi connectivity index (χ1v) is 7.29. The molecule has 2 aromatic rings. The van der Waals surface area contributed by atoms with Crippen molar-refractivity contribution in [2.75, 3.05) is 25.1 Å². The summed E-state index contributed by atoms with van der Waals surface area (Å²) < 4.78 is 5.42. The van der Waals surface area contributed by atoms with Gasteiger partial charge in [-0.05, 0) is 35.9 Å². The minimum atomic E-state index is 0.287. The Morgan fingerprint density at radius 1 is 1.39 bits per heavy atom. The molecule has 0 bridgehead atoms. The van der Waals surface area contributed by atoms with E-state index in [4.69, 9.17) is 16.3 Å². The first-order valence-electron chi connectivity index (χ1n) is 6.03. The molecule has 6 heteroatoms. The number of halogens is 1. The molecule has 4 nitrogen and oxygen atoms in total. The lowest BCUT2D eigenvalue weighted by Gasteiger charge is -2.07. The third-order valence-corrected chi connectivity index (χ3v) is 3.38. The number of hydrogen-bond donors (Lipinski definition) is 1. The highest BCUT2D eigenvalue weighted by Crippen LogP contribution is 2.26. The van der Waals surface area contributed by atoms with Crippen LogP contribution in [0.5, 0.6) is 0 Å². The van der Waals surface area contributed by atoms with Gasteiger partial charge >= 0.3 is 0 Å². The SMILES string of the molecule is CCCOCCCNc1nc(Cl)nc2sccc12. The Hall–Kier alpha value is -0.910. The molecule has 0 atom stereocenters. The van der Waals surface area contributed by atoms with Crippen LogP contribution >= 0.6 is 22.9 Å². The lowest BCUT2D eigenvalue weighted by molar-refractivity contribution is 0.134. The van der Waals surface area contributed by atoms with Crippen molar-refractivity contribution in [2.45, 2.75) is 19.8 Å². The van der Waals surface area contributed by atoms with Gasteiger partial charge in [0.25, 0.3) is 0 Å². The number of fused-ring (bicyclic) bond motifs is 1. The van der Waals surface area contributed by atoms with Crippen LogP contribution in [0, 0.1) is 0 Å². The van der Waals surface area contributed by atoms with Crippen LogP contribution in [0.25, 0.3) is 10.2 Å². The van der Waals surface area contributed by atoms with Crippen LogP contribution in [0.3, 0.4) is 0 Å². The number of anilines is 1. The Morgan fingerprint density at radius 3 is 3.11 bits per heavy atom. The number of rotatable bonds is 7. The topological polar surface area (TPSA) is 47.0 Å². The molecular formula is C12H16ClN3OS. The fraction of sp³-hybridized carbons (Fsp3) is 0.500. The number of nitrogens with one attached hydrogen (secondary N) is 1. The number of ether oxygens (including phenoxy) is 1. The fourth-order valence-electron chi connectivity index (χ4n) is 1.59. The van der Waals surface area contributed by atoms with E-state index >= 15 is 0 Å². The maximum Gasteiger partial charge on any atom is 0.225 e. The number of hydrogen-bond acceptors (Lipinski definition) is 5. The molecule has 2 rings (SSSR count). The largest absolute Gasteiger partial charge is 0.381 e. The summed E-state index contributed by atoms with van der Waals surface area (Å²) in [6.45, 7) is 4.52. The Bertz CT molecular complexity index is 503. The van der Waals surface area contributed by atoms with Crippen molar-refractivity contribution in [3.63, 3.8) is 0 Å². The van der Waals surface area contributed by atoms with Crippen molar-refractivity contribution in [2.24, 2.45) is 0 Å². The predicted molar refractivity (Wildman–Crippen MR) is 76.6 cm³/mol. The Morgan fingerprint density at radius 2 is 2.28 bits per heavy atom. The molecule has 0 saturated heterocycles. The van der Waals surface area contributed by atoms with E-state index in [1.54, 1.807) is 11.3 Å². The van der Waals surface area contributed by atoms with E-state index in [1.807, 2.05) is 11.4 Å². The Labute approximate surface area is 115 Å². The summed E-state index contributed by atoms with van der Waals surface area (Å²) in [4.78, 5) is 9.31. The van der Waals surface area contributed by atoms with Crippen LogP contribution in [-0.2, 0) is 4.74 Å². The van der Waals surface area contributed by atoms with Crippen LogP contribution in [0.4, 0.5) is 5.82 Å². The zero-order valence-corrected chi connectivity index (χ0v) is 11.9. The van der Waals surface area contributed by atoms with Gasteiger partial charge in [-0.3, -0.25) is 0 Å². The van der Waals surface area contributed by atoms with Gasteiger partial charge < -0.3 is 10.1 Å². The second kappa shape index (κ2) is 6.87. The summed E-state index contributed by atoms with van der Waals surface area (Å²) in [6.07, 6.45) is 2.01. The van der Waals surface area contributed by atoms with Crippen LogP contribution in [0.15, 0.2) is 11.4 Å². The van der Waals surface area contributed by atoms with Crippen molar-refractivity contribution in [3.8, 4) is 0 Å². The van der Waals surface area contributed by atoms with Crippen molar-refractivity contribution in [3.05, 3.63) is 16.7 Å². The molecule has 0 aromatic carbocycles. The fourth-order valence-corrected chi connectivity index (χ4v) is 2.57. The van der Waals surface area contributed by atoms with Gasteiger partial charge in [-0.15, -0.1) is 11.3 Å². The molecule has 0 aliphatic carbocycles. The first kappa shape index (κ1) is 13.5. The minimum absolute atomic E-state index is 0.287. The van der Waals surface area contributed by atoms with Crippen molar-refractivity contribution < 1.29 is 4.74 Å². The molecule has 2 heterocycles. The summed E-state index contributed by atoms with van der Waals surface area (Å²) >= 11 is 7.45. The molecule has 1 N–H and O–H groups in total. The van der Waals surface area contributed by atoms with E-state index in [0.29, 0.717) is 0 Å². The van der Waals surface area contributed by atoms with Crippen LogP contribution in [0.2, 0.25) is 5.28 Å². The van der Waals surface area contributed by atoms with Crippen LogP contribution in [-0.4, -0.2) is 29.7 Å². The first-order chi connectivity index (χ1) is 8.81. The van der Waals surface area contributed by atoms with E-state index in [9.17, 15) is 0 Å². The van der Waals surface area contributed by atoms with Crippen molar-refractivity contribution in [1.82, 2.24) is 9.97 Å². The Balaban J connectivity index is 1.89. The zero-order chi connectivity index (χ0) is 12.8. The zero-order valence-electron chi connectivity index (χ0n) is 10.3. The number of thiophene rings is 1. The van der Waals surface area contributed by atoms with Gasteiger partial charge in [0.15, 0.2) is 0 Å². The lowest BCUT2D eigenvalue weighted by Crippen LogP contribution is -2.07. The van der Waals surface area contributed by atoms with Crippen molar-refractivity contribution >= 4 is 39.0 Å². The van der Waals surface area contributed by atoms with E-state index in [2.05, 4.69) is 22.2 Å². The standard InChI is InChI=1S/C12H16ClN3OS/c1-2-6-17-7-3-5-14-10-9-4-8-18-11(9)16-12(13)15-10/h4,8H,2-3,5-7H2,1H3,(H,14,15,16). The van der Waals surface area contributed by atoms with E-state index in [1.165, 1.54) is 0 Å². The lowest BCUT2D eigenvalue weighted by atomic mass is 10.3. The smallest absolute Gasteiger partial charge is 0.225 e. The number of aromatic nitrogens is 2. The summed E-state index contributed by atoms with van der Waals surface area (Å²) in [7, 11) is 0. The summed E-state index contributed by atoms with van der Waals surface area (Å²) in [5.41, 5.74) is 0. The summed E-state index contributed by atoms with van der Waals surface area (Å²) in [6, 6.07) is 2.01. The predicted octanol–water partition coefficient (Wildman–Crippen LogP) is 3.57. The van der Waals surface area contributed by atoms with E-state index in [0.717, 1.165) is 48.6 Å². The molecule has 0 fully saturated rings. The minimum Gasteiger partial charge on any atom is -0.381 e. The maximum absolute atomic E-state index is 5.88. The van der Waals surface area contributed by atoms with Gasteiger partial charge in [-0.1, -0.05) is 6.92 Å². The van der Waals surface area contributed by atoms with Gasteiger partial charge in [0, 0.05) is 19.8 Å². The molecule has 0 amide bonds. The summed E-state index contributed by atoms with van der Waals surface area (Å²) in [5, 5.41) is 6.59. The molecule has 18 heavy (non-hydrogen) atoms. The monoisotopic (exact) mass is 285 g/mol. The average Bonchev–Trinajstić information content (AvgIpc) is 2.81. The highest BCUT2D eigenvalue weighted by atomic mass is 35.5. The van der Waals surface area contributed by atoms with Gasteiger partial charge in [-0.25, -0.2) is 9.97 Å². The molecule has 0 aliphatic rings. The maximum atomic E-state index is 5.88. The van der Waals surface area contributed by atoms with Gasteiger partial charge in [0.2, 0.25) is 5.28 Å². The van der Waals surface area contributed by atoms with E-state index < -0.39 is 0 Å². The highest BCUT2D eigenvalue weighted by Gasteiger charge is 2.06. The van der Waals surface area contributed by atoms with Gasteiger partial charge in [0.05, 0.1) is 5.39 Å². The molecule has 2 aromatic heterocycles. The van der Waals surface area contributed by atoms with Gasteiger partial charge in [0.1, 0.15) is 10.6 Å². The average molecular weight is 286 g/mol. The molecule has 0 aliphatic heterocycles.